The Balaban J connectivity index is 2.13. The van der Waals surface area contributed by atoms with Crippen molar-refractivity contribution in [3.8, 4) is 0 Å². The first-order valence-corrected chi connectivity index (χ1v) is 9.05. The molecule has 120 valence electrons. The minimum absolute atomic E-state index is 0.182. The van der Waals surface area contributed by atoms with Crippen molar-refractivity contribution < 1.29 is 8.42 Å². The van der Waals surface area contributed by atoms with Gasteiger partial charge in [0.25, 0.3) is 0 Å². The number of hydrogen-bond donors (Lipinski definition) is 3. The van der Waals surface area contributed by atoms with Crippen molar-refractivity contribution in [3.63, 3.8) is 0 Å². The number of sulfonamides is 1. The smallest absolute Gasteiger partial charge is 0.244 e. The lowest BCUT2D eigenvalue weighted by Crippen LogP contribution is -2.31. The maximum atomic E-state index is 12.6. The molecular weight excluding hydrogens is 288 g/mol. The zero-order chi connectivity index (χ0) is 15.7. The highest BCUT2D eigenvalue weighted by molar-refractivity contribution is 7.89. The molecule has 1 fully saturated rings. The lowest BCUT2D eigenvalue weighted by Gasteiger charge is -2.14. The molecule has 0 spiro atoms. The summed E-state index contributed by atoms with van der Waals surface area (Å²) in [6, 6.07) is 0.278. The van der Waals surface area contributed by atoms with Crippen LogP contribution in [0.25, 0.3) is 0 Å². The summed E-state index contributed by atoms with van der Waals surface area (Å²) in [6.07, 6.45) is 3.23. The maximum absolute atomic E-state index is 12.6. The zero-order valence-electron chi connectivity index (χ0n) is 13.3. The highest BCUT2D eigenvalue weighted by Gasteiger charge is 2.41. The van der Waals surface area contributed by atoms with Crippen LogP contribution in [-0.2, 0) is 16.6 Å². The molecule has 0 aromatic carbocycles. The number of aryl methyl sites for hydroxylation is 1. The van der Waals surface area contributed by atoms with E-state index in [1.807, 2.05) is 13.8 Å². The number of aromatic nitrogens is 2. The standard InChI is InChI=1S/C14H26N4O2S/c1-5-14(6-7-14)9-16-21(19,20)13-11(4)17-18-12(13)8-15-10(2)3/h10,15-16H,5-9H2,1-4H3,(H,17,18). The molecule has 1 heterocycles. The lowest BCUT2D eigenvalue weighted by atomic mass is 10.1. The Morgan fingerprint density at radius 3 is 2.57 bits per heavy atom. The Kier molecular flexibility index (Phi) is 4.75. The summed E-state index contributed by atoms with van der Waals surface area (Å²) in [5.41, 5.74) is 1.32. The summed E-state index contributed by atoms with van der Waals surface area (Å²) < 4.78 is 27.9. The molecule has 1 aliphatic carbocycles. The summed E-state index contributed by atoms with van der Waals surface area (Å²) in [6.45, 7) is 8.86. The topological polar surface area (TPSA) is 86.9 Å². The quantitative estimate of drug-likeness (QED) is 0.681. The van der Waals surface area contributed by atoms with Crippen molar-refractivity contribution in [3.05, 3.63) is 11.4 Å². The first-order chi connectivity index (χ1) is 9.80. The largest absolute Gasteiger partial charge is 0.309 e. The summed E-state index contributed by atoms with van der Waals surface area (Å²) in [5.74, 6) is 0. The molecule has 1 aliphatic rings. The zero-order valence-corrected chi connectivity index (χ0v) is 14.1. The van der Waals surface area contributed by atoms with Gasteiger partial charge in [-0.05, 0) is 31.6 Å². The summed E-state index contributed by atoms with van der Waals surface area (Å²) in [5, 5.41) is 10.1. The van der Waals surface area contributed by atoms with E-state index in [0.717, 1.165) is 19.3 Å². The molecule has 2 rings (SSSR count). The van der Waals surface area contributed by atoms with Crippen LogP contribution in [0, 0.1) is 12.3 Å². The van der Waals surface area contributed by atoms with Crippen LogP contribution < -0.4 is 10.0 Å². The van der Waals surface area contributed by atoms with Crippen molar-refractivity contribution in [1.29, 1.82) is 0 Å². The van der Waals surface area contributed by atoms with E-state index < -0.39 is 10.0 Å². The lowest BCUT2D eigenvalue weighted by molar-refractivity contribution is 0.475. The Hall–Kier alpha value is -0.920. The first-order valence-electron chi connectivity index (χ1n) is 7.56. The predicted molar refractivity (Wildman–Crippen MR) is 82.4 cm³/mol. The van der Waals surface area contributed by atoms with Crippen LogP contribution in [0.4, 0.5) is 0 Å². The minimum atomic E-state index is -3.51. The number of nitrogens with zero attached hydrogens (tertiary/aromatic N) is 1. The number of rotatable bonds is 8. The van der Waals surface area contributed by atoms with Gasteiger partial charge in [-0.15, -0.1) is 0 Å². The van der Waals surface area contributed by atoms with Crippen LogP contribution in [0.15, 0.2) is 4.90 Å². The van der Waals surface area contributed by atoms with Crippen molar-refractivity contribution in [1.82, 2.24) is 20.2 Å². The van der Waals surface area contributed by atoms with Crippen LogP contribution in [-0.4, -0.2) is 31.2 Å². The van der Waals surface area contributed by atoms with Gasteiger partial charge in [0.05, 0.1) is 11.4 Å². The number of nitrogens with one attached hydrogen (secondary N) is 3. The fourth-order valence-corrected chi connectivity index (χ4v) is 3.92. The molecule has 7 heteroatoms. The van der Waals surface area contributed by atoms with Crippen LogP contribution >= 0.6 is 0 Å². The van der Waals surface area contributed by atoms with Crippen LogP contribution in [0.1, 0.15) is 51.4 Å². The van der Waals surface area contributed by atoms with Gasteiger partial charge < -0.3 is 5.32 Å². The third kappa shape index (κ3) is 3.84. The molecule has 0 radical (unpaired) electrons. The van der Waals surface area contributed by atoms with Crippen LogP contribution in [0.2, 0.25) is 0 Å². The number of hydrogen-bond acceptors (Lipinski definition) is 4. The number of H-pyrrole nitrogens is 1. The molecule has 21 heavy (non-hydrogen) atoms. The predicted octanol–water partition coefficient (Wildman–Crippen LogP) is 1.68. The maximum Gasteiger partial charge on any atom is 0.244 e. The number of aromatic amines is 1. The summed E-state index contributed by atoms with van der Waals surface area (Å²) in [4.78, 5) is 0.294. The molecule has 0 atom stereocenters. The molecule has 0 amide bonds. The average Bonchev–Trinajstić information content (AvgIpc) is 3.11. The van der Waals surface area contributed by atoms with Crippen LogP contribution in [0.3, 0.4) is 0 Å². The summed E-state index contributed by atoms with van der Waals surface area (Å²) in [7, 11) is -3.51. The van der Waals surface area contributed by atoms with Crippen molar-refractivity contribution in [2.45, 2.75) is 64.4 Å². The van der Waals surface area contributed by atoms with Gasteiger partial charge >= 0.3 is 0 Å². The molecule has 0 unspecified atom stereocenters. The second kappa shape index (κ2) is 6.06. The molecule has 0 saturated heterocycles. The highest BCUT2D eigenvalue weighted by atomic mass is 32.2. The minimum Gasteiger partial charge on any atom is -0.309 e. The van der Waals surface area contributed by atoms with E-state index in [0.29, 0.717) is 29.4 Å². The molecule has 1 saturated carbocycles. The van der Waals surface area contributed by atoms with Gasteiger partial charge in [-0.2, -0.15) is 5.10 Å². The Bertz CT molecular complexity index is 588. The molecule has 0 bridgehead atoms. The van der Waals surface area contributed by atoms with Gasteiger partial charge in [-0.25, -0.2) is 13.1 Å². The van der Waals surface area contributed by atoms with Crippen molar-refractivity contribution in [2.24, 2.45) is 5.41 Å². The fraction of sp³-hybridized carbons (Fsp3) is 0.786. The second-order valence-corrected chi connectivity index (χ2v) is 8.04. The molecular formula is C14H26N4O2S. The van der Waals surface area contributed by atoms with Gasteiger partial charge in [-0.1, -0.05) is 20.8 Å². The van der Waals surface area contributed by atoms with E-state index in [1.54, 1.807) is 6.92 Å². The highest BCUT2D eigenvalue weighted by Crippen LogP contribution is 2.48. The van der Waals surface area contributed by atoms with Crippen molar-refractivity contribution in [2.75, 3.05) is 6.54 Å². The van der Waals surface area contributed by atoms with E-state index in [9.17, 15) is 8.42 Å². The Labute approximate surface area is 127 Å². The SMILES string of the molecule is CCC1(CNS(=O)(=O)c2c(CNC(C)C)n[nH]c2C)CC1. The third-order valence-corrected chi connectivity index (χ3v) is 5.86. The molecule has 1 aromatic heterocycles. The monoisotopic (exact) mass is 314 g/mol. The second-order valence-electron chi connectivity index (χ2n) is 6.34. The Morgan fingerprint density at radius 2 is 2.05 bits per heavy atom. The van der Waals surface area contributed by atoms with Gasteiger partial charge in [0.2, 0.25) is 10.0 Å². The first kappa shape index (κ1) is 16.5. The van der Waals surface area contributed by atoms with Crippen LogP contribution in [0.5, 0.6) is 0 Å². The molecule has 1 aromatic rings. The van der Waals surface area contributed by atoms with E-state index in [4.69, 9.17) is 0 Å². The van der Waals surface area contributed by atoms with Gasteiger partial charge in [0.1, 0.15) is 4.90 Å². The van der Waals surface area contributed by atoms with E-state index in [2.05, 4.69) is 27.2 Å². The van der Waals surface area contributed by atoms with Gasteiger partial charge in [-0.3, -0.25) is 5.10 Å². The molecule has 0 aliphatic heterocycles. The fourth-order valence-electron chi connectivity index (χ4n) is 2.40. The van der Waals surface area contributed by atoms with Crippen molar-refractivity contribution >= 4 is 10.0 Å². The third-order valence-electron chi connectivity index (χ3n) is 4.25. The van der Waals surface area contributed by atoms with Gasteiger partial charge in [0, 0.05) is 19.1 Å². The van der Waals surface area contributed by atoms with E-state index >= 15 is 0 Å². The van der Waals surface area contributed by atoms with E-state index in [-0.39, 0.29) is 11.5 Å². The van der Waals surface area contributed by atoms with Gasteiger partial charge in [0.15, 0.2) is 0 Å². The summed E-state index contributed by atoms with van der Waals surface area (Å²) >= 11 is 0. The Morgan fingerprint density at radius 1 is 1.38 bits per heavy atom. The molecule has 3 N–H and O–H groups in total. The average molecular weight is 314 g/mol. The normalized spacial score (nSPS) is 17.4. The molecule has 6 nitrogen and oxygen atoms in total. The van der Waals surface area contributed by atoms with E-state index in [1.165, 1.54) is 0 Å².